The smallest absolute Gasteiger partial charge is 0.220 e. The molecule has 4 heteroatoms. The second-order valence-electron chi connectivity index (χ2n) is 4.85. The third kappa shape index (κ3) is 4.31. The average Bonchev–Trinajstić information content (AvgIpc) is 3.18. The lowest BCUT2D eigenvalue weighted by molar-refractivity contribution is -0.121. The van der Waals surface area contributed by atoms with Crippen LogP contribution in [-0.4, -0.2) is 17.6 Å². The molecule has 2 rings (SSSR count). The van der Waals surface area contributed by atoms with Gasteiger partial charge in [0.15, 0.2) is 0 Å². The Morgan fingerprint density at radius 3 is 2.67 bits per heavy atom. The van der Waals surface area contributed by atoms with Gasteiger partial charge in [-0.25, -0.2) is 0 Å². The molecule has 1 amide bonds. The number of hydrogen-bond acceptors (Lipinski definition) is 2. The van der Waals surface area contributed by atoms with Gasteiger partial charge in [0.25, 0.3) is 0 Å². The maximum atomic E-state index is 11.5. The van der Waals surface area contributed by atoms with Gasteiger partial charge in [0.1, 0.15) is 0 Å². The highest BCUT2D eigenvalue weighted by Gasteiger charge is 2.21. The Kier molecular flexibility index (Phi) is 4.61. The van der Waals surface area contributed by atoms with Crippen LogP contribution in [0, 0.1) is 5.92 Å². The van der Waals surface area contributed by atoms with Gasteiger partial charge in [0.2, 0.25) is 5.91 Å². The molecule has 0 bridgehead atoms. The van der Waals surface area contributed by atoms with Crippen LogP contribution in [0.1, 0.15) is 37.4 Å². The van der Waals surface area contributed by atoms with E-state index in [2.05, 4.69) is 5.32 Å². The zero-order valence-corrected chi connectivity index (χ0v) is 11.0. The summed E-state index contributed by atoms with van der Waals surface area (Å²) in [5.74, 6) is 0.784. The maximum absolute atomic E-state index is 11.5. The molecule has 1 aromatic carbocycles. The van der Waals surface area contributed by atoms with E-state index < -0.39 is 6.10 Å². The first kappa shape index (κ1) is 13.4. The molecule has 1 fully saturated rings. The fourth-order valence-electron chi connectivity index (χ4n) is 1.84. The van der Waals surface area contributed by atoms with Gasteiger partial charge in [0.05, 0.1) is 6.10 Å². The molecule has 0 aromatic heterocycles. The largest absolute Gasteiger partial charge is 0.387 e. The third-order valence-corrected chi connectivity index (χ3v) is 3.48. The van der Waals surface area contributed by atoms with E-state index >= 15 is 0 Å². The Morgan fingerprint density at radius 1 is 1.39 bits per heavy atom. The molecule has 1 saturated carbocycles. The van der Waals surface area contributed by atoms with Crippen LogP contribution in [-0.2, 0) is 4.79 Å². The Morgan fingerprint density at radius 2 is 2.06 bits per heavy atom. The number of carbonyl (C=O) groups excluding carboxylic acids is 1. The minimum absolute atomic E-state index is 0.0231. The summed E-state index contributed by atoms with van der Waals surface area (Å²) in [6.45, 7) is 0.255. The van der Waals surface area contributed by atoms with Gasteiger partial charge in [-0.2, -0.15) is 0 Å². The summed E-state index contributed by atoms with van der Waals surface area (Å²) in [6, 6.07) is 7.00. The van der Waals surface area contributed by atoms with Gasteiger partial charge in [0, 0.05) is 18.0 Å². The van der Waals surface area contributed by atoms with Crippen LogP contribution in [0.2, 0.25) is 5.02 Å². The molecule has 1 unspecified atom stereocenters. The molecule has 3 nitrogen and oxygen atoms in total. The van der Waals surface area contributed by atoms with Gasteiger partial charge in [-0.05, 0) is 30.0 Å². The molecule has 0 radical (unpaired) electrons. The van der Waals surface area contributed by atoms with E-state index in [9.17, 15) is 9.90 Å². The number of nitrogens with one attached hydrogen (secondary N) is 1. The number of aliphatic hydroxyl groups excluding tert-OH is 1. The summed E-state index contributed by atoms with van der Waals surface area (Å²) in [4.78, 5) is 11.5. The van der Waals surface area contributed by atoms with Crippen LogP contribution in [0.4, 0.5) is 0 Å². The molecular formula is C14H18ClNO2. The normalized spacial score (nSPS) is 16.3. The number of halogens is 1. The molecular weight excluding hydrogens is 250 g/mol. The molecule has 1 aromatic rings. The highest BCUT2D eigenvalue weighted by Crippen LogP contribution is 2.33. The van der Waals surface area contributed by atoms with Gasteiger partial charge >= 0.3 is 0 Å². The Bertz CT molecular complexity index is 401. The van der Waals surface area contributed by atoms with Gasteiger partial charge < -0.3 is 10.4 Å². The second kappa shape index (κ2) is 6.21. The first-order valence-corrected chi connectivity index (χ1v) is 6.73. The molecule has 1 aliphatic carbocycles. The van der Waals surface area contributed by atoms with Crippen LogP contribution < -0.4 is 5.32 Å². The molecule has 1 atom stereocenters. The zero-order chi connectivity index (χ0) is 13.0. The van der Waals surface area contributed by atoms with E-state index in [4.69, 9.17) is 11.6 Å². The van der Waals surface area contributed by atoms with E-state index in [-0.39, 0.29) is 12.5 Å². The van der Waals surface area contributed by atoms with Crippen molar-refractivity contribution in [3.8, 4) is 0 Å². The predicted octanol–water partition coefficient (Wildman–Crippen LogP) is 2.68. The van der Waals surface area contributed by atoms with E-state index in [0.717, 1.165) is 17.9 Å². The Labute approximate surface area is 112 Å². The van der Waals surface area contributed by atoms with E-state index in [1.165, 1.54) is 12.8 Å². The van der Waals surface area contributed by atoms with Crippen molar-refractivity contribution in [1.29, 1.82) is 0 Å². The van der Waals surface area contributed by atoms with Gasteiger partial charge in [-0.1, -0.05) is 36.6 Å². The summed E-state index contributed by atoms with van der Waals surface area (Å²) in [6.07, 6.45) is 3.40. The van der Waals surface area contributed by atoms with Crippen molar-refractivity contribution in [2.45, 2.75) is 31.8 Å². The van der Waals surface area contributed by atoms with Crippen molar-refractivity contribution in [3.05, 3.63) is 34.9 Å². The van der Waals surface area contributed by atoms with Crippen LogP contribution in [0.25, 0.3) is 0 Å². The molecule has 0 saturated heterocycles. The van der Waals surface area contributed by atoms with E-state index in [1.807, 2.05) is 0 Å². The first-order chi connectivity index (χ1) is 8.65. The molecule has 2 N–H and O–H groups in total. The van der Waals surface area contributed by atoms with Gasteiger partial charge in [-0.3, -0.25) is 4.79 Å². The van der Waals surface area contributed by atoms with Crippen LogP contribution in [0.3, 0.4) is 0 Å². The SMILES string of the molecule is O=C(CCC1CC1)NCC(O)c1ccc(Cl)cc1. The van der Waals surface area contributed by atoms with Crippen LogP contribution in [0.5, 0.6) is 0 Å². The highest BCUT2D eigenvalue weighted by atomic mass is 35.5. The number of benzene rings is 1. The number of rotatable bonds is 6. The molecule has 1 aliphatic rings. The van der Waals surface area contributed by atoms with Crippen LogP contribution >= 0.6 is 11.6 Å². The standard InChI is InChI=1S/C14H18ClNO2/c15-12-6-4-11(5-7-12)13(17)9-16-14(18)8-3-10-1-2-10/h4-7,10,13,17H,1-3,8-9H2,(H,16,18). The van der Waals surface area contributed by atoms with Crippen molar-refractivity contribution < 1.29 is 9.90 Å². The van der Waals surface area contributed by atoms with Crippen molar-refractivity contribution in [1.82, 2.24) is 5.32 Å². The predicted molar refractivity (Wildman–Crippen MR) is 71.4 cm³/mol. The Hall–Kier alpha value is -1.06. The summed E-state index contributed by atoms with van der Waals surface area (Å²) in [5.41, 5.74) is 0.766. The lowest BCUT2D eigenvalue weighted by atomic mass is 10.1. The molecule has 0 spiro atoms. The lowest BCUT2D eigenvalue weighted by Crippen LogP contribution is -2.28. The molecule has 98 valence electrons. The summed E-state index contributed by atoms with van der Waals surface area (Å²) in [5, 5.41) is 13.3. The third-order valence-electron chi connectivity index (χ3n) is 3.22. The van der Waals surface area contributed by atoms with Gasteiger partial charge in [-0.15, -0.1) is 0 Å². The highest BCUT2D eigenvalue weighted by molar-refractivity contribution is 6.30. The number of hydrogen-bond donors (Lipinski definition) is 2. The monoisotopic (exact) mass is 267 g/mol. The molecule has 0 heterocycles. The maximum Gasteiger partial charge on any atom is 0.220 e. The van der Waals surface area contributed by atoms with Crippen molar-refractivity contribution in [2.24, 2.45) is 5.92 Å². The summed E-state index contributed by atoms with van der Waals surface area (Å²) >= 11 is 5.77. The first-order valence-electron chi connectivity index (χ1n) is 6.35. The van der Waals surface area contributed by atoms with Crippen molar-refractivity contribution in [2.75, 3.05) is 6.54 Å². The Balaban J connectivity index is 1.71. The summed E-state index contributed by atoms with van der Waals surface area (Å²) in [7, 11) is 0. The molecule has 0 aliphatic heterocycles. The number of aliphatic hydroxyl groups is 1. The van der Waals surface area contributed by atoms with Crippen molar-refractivity contribution in [3.63, 3.8) is 0 Å². The topological polar surface area (TPSA) is 49.3 Å². The minimum Gasteiger partial charge on any atom is -0.387 e. The van der Waals surface area contributed by atoms with Crippen LogP contribution in [0.15, 0.2) is 24.3 Å². The van der Waals surface area contributed by atoms with Crippen molar-refractivity contribution >= 4 is 17.5 Å². The summed E-state index contributed by atoms with van der Waals surface area (Å²) < 4.78 is 0. The number of amides is 1. The fraction of sp³-hybridized carbons (Fsp3) is 0.500. The minimum atomic E-state index is -0.674. The van der Waals surface area contributed by atoms with E-state index in [1.54, 1.807) is 24.3 Å². The molecule has 18 heavy (non-hydrogen) atoms. The van der Waals surface area contributed by atoms with E-state index in [0.29, 0.717) is 11.4 Å². The second-order valence-corrected chi connectivity index (χ2v) is 5.29. The fourth-order valence-corrected chi connectivity index (χ4v) is 1.97. The quantitative estimate of drug-likeness (QED) is 0.833. The number of carbonyl (C=O) groups is 1. The zero-order valence-electron chi connectivity index (χ0n) is 10.2. The average molecular weight is 268 g/mol. The lowest BCUT2D eigenvalue weighted by Gasteiger charge is -2.12.